The van der Waals surface area contributed by atoms with Gasteiger partial charge in [-0.15, -0.1) is 0 Å². The molecule has 0 aromatic heterocycles. The highest BCUT2D eigenvalue weighted by atomic mass is 16.4. The number of carboxylic acids is 2. The molecule has 0 amide bonds. The maximum Gasteiger partial charge on any atom is 0.335 e. The molecule has 2 aromatic carbocycles. The van der Waals surface area contributed by atoms with Crippen molar-refractivity contribution in [3.8, 4) is 0 Å². The second-order valence-corrected chi connectivity index (χ2v) is 7.52. The Morgan fingerprint density at radius 2 is 1.14 bits per heavy atom. The Bertz CT molecular complexity index is 658. The van der Waals surface area contributed by atoms with Crippen molar-refractivity contribution >= 4 is 11.9 Å². The predicted octanol–water partition coefficient (Wildman–Crippen LogP) is 4.32. The lowest BCUT2D eigenvalue weighted by Gasteiger charge is -2.27. The Morgan fingerprint density at radius 1 is 0.793 bits per heavy atom. The lowest BCUT2D eigenvalue weighted by Crippen LogP contribution is -2.29. The van der Waals surface area contributed by atoms with Crippen LogP contribution in [0.25, 0.3) is 0 Å². The first-order valence-corrected chi connectivity index (χ1v) is 9.41. The van der Waals surface area contributed by atoms with Crippen LogP contribution in [0.3, 0.4) is 0 Å². The molecule has 0 spiro atoms. The van der Waals surface area contributed by atoms with E-state index in [0.29, 0.717) is 24.0 Å². The smallest absolute Gasteiger partial charge is 0.335 e. The molecule has 0 heterocycles. The minimum absolute atomic E-state index is 0.115. The third kappa shape index (κ3) is 12.4. The van der Waals surface area contributed by atoms with Crippen molar-refractivity contribution in [2.45, 2.75) is 52.7 Å². The average Bonchev–Trinajstić information content (AvgIpc) is 2.69. The fourth-order valence-electron chi connectivity index (χ4n) is 1.94. The van der Waals surface area contributed by atoms with Crippen LogP contribution in [0.15, 0.2) is 60.7 Å². The summed E-state index contributed by atoms with van der Waals surface area (Å²) in [6, 6.07) is 16.6. The van der Waals surface area contributed by atoms with Gasteiger partial charge in [0.15, 0.2) is 0 Å². The summed E-state index contributed by atoms with van der Waals surface area (Å²) in [6.45, 7) is 7.83. The molecule has 2 atom stereocenters. The molecule has 0 fully saturated rings. The van der Waals surface area contributed by atoms with Crippen LogP contribution in [0, 0.1) is 5.41 Å². The minimum atomic E-state index is -0.879. The topological polar surface area (TPSA) is 115 Å². The monoisotopic (exact) mass is 404 g/mol. The molecule has 0 aliphatic carbocycles. The molecule has 0 aliphatic rings. The van der Waals surface area contributed by atoms with E-state index in [-0.39, 0.29) is 11.5 Å². The third-order valence-electron chi connectivity index (χ3n) is 4.01. The van der Waals surface area contributed by atoms with Crippen molar-refractivity contribution in [2.75, 3.05) is 0 Å². The number of benzene rings is 2. The van der Waals surface area contributed by atoms with Crippen LogP contribution in [-0.2, 0) is 0 Å². The lowest BCUT2D eigenvalue weighted by molar-refractivity contribution is 0.0127. The van der Waals surface area contributed by atoms with Gasteiger partial charge < -0.3 is 20.4 Å². The number of aliphatic hydroxyl groups is 2. The molecule has 0 radical (unpaired) electrons. The number of carbonyl (C=O) groups is 2. The summed E-state index contributed by atoms with van der Waals surface area (Å²) in [5, 5.41) is 35.5. The molecule has 0 saturated carbocycles. The molecule has 4 N–H and O–H groups in total. The Kier molecular flexibility index (Phi) is 12.2. The highest BCUT2D eigenvalue weighted by molar-refractivity contribution is 5.87. The van der Waals surface area contributed by atoms with Crippen molar-refractivity contribution in [3.05, 3.63) is 71.8 Å². The van der Waals surface area contributed by atoms with E-state index in [2.05, 4.69) is 0 Å². The predicted molar refractivity (Wildman–Crippen MR) is 113 cm³/mol. The molecular formula is C23H32O6. The second kappa shape index (κ2) is 13.5. The molecule has 6 heteroatoms. The van der Waals surface area contributed by atoms with E-state index in [1.165, 1.54) is 0 Å². The number of rotatable bonds is 5. The largest absolute Gasteiger partial charge is 0.478 e. The number of hydrogen-bond acceptors (Lipinski definition) is 4. The van der Waals surface area contributed by atoms with Gasteiger partial charge in [0.25, 0.3) is 0 Å². The molecule has 160 valence electrons. The third-order valence-corrected chi connectivity index (χ3v) is 4.01. The van der Waals surface area contributed by atoms with E-state index >= 15 is 0 Å². The highest BCUT2D eigenvalue weighted by Gasteiger charge is 2.23. The van der Waals surface area contributed by atoms with E-state index in [1.807, 2.05) is 27.7 Å². The average molecular weight is 405 g/mol. The fraction of sp³-hybridized carbons (Fsp3) is 0.391. The van der Waals surface area contributed by atoms with Gasteiger partial charge in [-0.3, -0.25) is 0 Å². The van der Waals surface area contributed by atoms with Gasteiger partial charge in [0.05, 0.1) is 23.3 Å². The van der Waals surface area contributed by atoms with Crippen LogP contribution in [0.1, 0.15) is 61.3 Å². The normalized spacial score (nSPS) is 12.3. The standard InChI is InChI=1S/C9H20O2.2C7H6O2/c1-5-7(10)6-8(11)9(2,3)4;2*8-7(9)6-4-2-1-3-5-6/h7-8,10-11H,5-6H2,1-4H3;2*1-5H,(H,8,9). The summed E-state index contributed by atoms with van der Waals surface area (Å²) >= 11 is 0. The molecule has 6 nitrogen and oxygen atoms in total. The summed E-state index contributed by atoms with van der Waals surface area (Å²) in [5.41, 5.74) is 0.547. The summed E-state index contributed by atoms with van der Waals surface area (Å²) in [5.74, 6) is -1.76. The molecule has 0 saturated heterocycles. The summed E-state index contributed by atoms with van der Waals surface area (Å²) < 4.78 is 0. The Morgan fingerprint density at radius 3 is 1.34 bits per heavy atom. The summed E-state index contributed by atoms with van der Waals surface area (Å²) in [4.78, 5) is 20.4. The van der Waals surface area contributed by atoms with Gasteiger partial charge in [0, 0.05) is 0 Å². The van der Waals surface area contributed by atoms with E-state index < -0.39 is 18.0 Å². The van der Waals surface area contributed by atoms with Gasteiger partial charge in [0.2, 0.25) is 0 Å². The van der Waals surface area contributed by atoms with E-state index in [0.717, 1.165) is 0 Å². The van der Waals surface area contributed by atoms with Gasteiger partial charge in [-0.05, 0) is 42.5 Å². The van der Waals surface area contributed by atoms with Crippen LogP contribution in [0.5, 0.6) is 0 Å². The Hall–Kier alpha value is -2.70. The molecular weight excluding hydrogens is 372 g/mol. The second-order valence-electron chi connectivity index (χ2n) is 7.52. The van der Waals surface area contributed by atoms with Crippen LogP contribution in [0.2, 0.25) is 0 Å². The van der Waals surface area contributed by atoms with Crippen molar-refractivity contribution < 1.29 is 30.0 Å². The van der Waals surface area contributed by atoms with Gasteiger partial charge in [-0.25, -0.2) is 9.59 Å². The fourth-order valence-corrected chi connectivity index (χ4v) is 1.94. The number of hydrogen-bond donors (Lipinski definition) is 4. The van der Waals surface area contributed by atoms with Crippen LogP contribution in [-0.4, -0.2) is 44.6 Å². The SMILES string of the molecule is CCC(O)CC(O)C(C)(C)C.O=C(O)c1ccccc1.O=C(O)c1ccccc1. The zero-order valence-corrected chi connectivity index (χ0v) is 17.4. The van der Waals surface area contributed by atoms with Gasteiger partial charge in [-0.2, -0.15) is 0 Å². The van der Waals surface area contributed by atoms with E-state index in [1.54, 1.807) is 60.7 Å². The molecule has 29 heavy (non-hydrogen) atoms. The molecule has 2 unspecified atom stereocenters. The van der Waals surface area contributed by atoms with Crippen LogP contribution >= 0.6 is 0 Å². The maximum absolute atomic E-state index is 10.2. The molecule has 0 aliphatic heterocycles. The number of aromatic carboxylic acids is 2. The Balaban J connectivity index is 0.000000408. The zero-order chi connectivity index (χ0) is 22.4. The van der Waals surface area contributed by atoms with Crippen molar-refractivity contribution in [1.82, 2.24) is 0 Å². The lowest BCUT2D eigenvalue weighted by atomic mass is 9.85. The highest BCUT2D eigenvalue weighted by Crippen LogP contribution is 2.23. The van der Waals surface area contributed by atoms with Gasteiger partial charge >= 0.3 is 11.9 Å². The summed E-state index contributed by atoms with van der Waals surface area (Å²) in [6.07, 6.45) is 0.439. The molecule has 0 bridgehead atoms. The van der Waals surface area contributed by atoms with E-state index in [4.69, 9.17) is 10.2 Å². The first kappa shape index (κ1) is 26.3. The molecule has 2 rings (SSSR count). The van der Waals surface area contributed by atoms with Crippen molar-refractivity contribution in [2.24, 2.45) is 5.41 Å². The maximum atomic E-state index is 10.2. The zero-order valence-electron chi connectivity index (χ0n) is 17.4. The van der Waals surface area contributed by atoms with Crippen molar-refractivity contribution in [1.29, 1.82) is 0 Å². The quantitative estimate of drug-likeness (QED) is 0.590. The van der Waals surface area contributed by atoms with E-state index in [9.17, 15) is 19.8 Å². The first-order chi connectivity index (χ1) is 13.5. The molecule has 2 aromatic rings. The first-order valence-electron chi connectivity index (χ1n) is 9.41. The van der Waals surface area contributed by atoms with Gasteiger partial charge in [0.1, 0.15) is 0 Å². The number of aliphatic hydroxyl groups excluding tert-OH is 2. The van der Waals surface area contributed by atoms with Crippen LogP contribution in [0.4, 0.5) is 0 Å². The van der Waals surface area contributed by atoms with Crippen LogP contribution < -0.4 is 0 Å². The minimum Gasteiger partial charge on any atom is -0.478 e. The summed E-state index contributed by atoms with van der Waals surface area (Å²) in [7, 11) is 0. The van der Waals surface area contributed by atoms with Gasteiger partial charge in [-0.1, -0.05) is 64.1 Å². The number of carboxylic acid groups (broad SMARTS) is 2. The Labute approximate surface area is 172 Å². The van der Waals surface area contributed by atoms with Crippen molar-refractivity contribution in [3.63, 3.8) is 0 Å².